The molecule has 2 N–H and O–H groups in total. The molecule has 0 spiro atoms. The summed E-state index contributed by atoms with van der Waals surface area (Å²) in [7, 11) is -3.64. The molecule has 1 aromatic carbocycles. The molecule has 0 saturated heterocycles. The standard InChI is InChI=1S/C13H11N3O3S2/c17-13-16-11-5-4-10(7-12(11)20-13)21(18,19)15-8-9-3-1-2-6-14-9/h1-7,15H,8H2,(H,16,17). The number of thiazole rings is 1. The minimum absolute atomic E-state index is 0.116. The smallest absolute Gasteiger partial charge is 0.305 e. The largest absolute Gasteiger partial charge is 0.312 e. The molecule has 0 unspecified atom stereocenters. The van der Waals surface area contributed by atoms with Crippen molar-refractivity contribution >= 4 is 31.6 Å². The normalized spacial score (nSPS) is 11.8. The minimum Gasteiger partial charge on any atom is -0.312 e. The Kier molecular flexibility index (Phi) is 3.58. The highest BCUT2D eigenvalue weighted by atomic mass is 32.2. The average Bonchev–Trinajstić information content (AvgIpc) is 2.85. The molecule has 0 fully saturated rings. The van der Waals surface area contributed by atoms with E-state index < -0.39 is 10.0 Å². The van der Waals surface area contributed by atoms with E-state index in [9.17, 15) is 13.2 Å². The number of sulfonamides is 1. The number of nitrogens with one attached hydrogen (secondary N) is 2. The number of fused-ring (bicyclic) bond motifs is 1. The lowest BCUT2D eigenvalue weighted by Crippen LogP contribution is -2.23. The van der Waals surface area contributed by atoms with Crippen LogP contribution in [0.3, 0.4) is 0 Å². The summed E-state index contributed by atoms with van der Waals surface area (Å²) in [6.07, 6.45) is 1.60. The van der Waals surface area contributed by atoms with Crippen molar-refractivity contribution in [3.63, 3.8) is 0 Å². The van der Waals surface area contributed by atoms with Gasteiger partial charge in [0.05, 0.1) is 27.4 Å². The summed E-state index contributed by atoms with van der Waals surface area (Å²) in [6, 6.07) is 9.83. The van der Waals surface area contributed by atoms with E-state index in [2.05, 4.69) is 14.7 Å². The Morgan fingerprint density at radius 3 is 2.86 bits per heavy atom. The van der Waals surface area contributed by atoms with E-state index in [-0.39, 0.29) is 16.3 Å². The average molecular weight is 321 g/mol. The number of aromatic nitrogens is 2. The van der Waals surface area contributed by atoms with E-state index in [0.717, 1.165) is 11.3 Å². The highest BCUT2D eigenvalue weighted by molar-refractivity contribution is 7.89. The number of hydrogen-bond acceptors (Lipinski definition) is 5. The molecule has 3 rings (SSSR count). The van der Waals surface area contributed by atoms with Gasteiger partial charge in [-0.05, 0) is 30.3 Å². The number of nitrogens with zero attached hydrogens (tertiary/aromatic N) is 1. The number of pyridine rings is 1. The fourth-order valence-electron chi connectivity index (χ4n) is 1.85. The van der Waals surface area contributed by atoms with Gasteiger partial charge in [-0.25, -0.2) is 13.1 Å². The van der Waals surface area contributed by atoms with Gasteiger partial charge in [0.15, 0.2) is 0 Å². The first-order chi connectivity index (χ1) is 10.0. The Labute approximate surface area is 124 Å². The molecule has 2 aromatic heterocycles. The third-order valence-corrected chi connectivity index (χ3v) is 5.12. The SMILES string of the molecule is O=c1[nH]c2ccc(S(=O)(=O)NCc3ccccn3)cc2s1. The number of aromatic amines is 1. The van der Waals surface area contributed by atoms with Gasteiger partial charge in [-0.15, -0.1) is 0 Å². The van der Waals surface area contributed by atoms with Crippen LogP contribution >= 0.6 is 11.3 Å². The van der Waals surface area contributed by atoms with E-state index in [0.29, 0.717) is 15.9 Å². The molecule has 0 aliphatic carbocycles. The zero-order valence-electron chi connectivity index (χ0n) is 10.7. The number of hydrogen-bond donors (Lipinski definition) is 2. The molecular weight excluding hydrogens is 310 g/mol. The Bertz CT molecular complexity index is 930. The van der Waals surface area contributed by atoms with Crippen LogP contribution in [-0.4, -0.2) is 18.4 Å². The van der Waals surface area contributed by atoms with Crippen molar-refractivity contribution < 1.29 is 8.42 Å². The zero-order chi connectivity index (χ0) is 14.9. The van der Waals surface area contributed by atoms with Gasteiger partial charge in [0.25, 0.3) is 0 Å². The van der Waals surface area contributed by atoms with Crippen molar-refractivity contribution in [2.45, 2.75) is 11.4 Å². The maximum absolute atomic E-state index is 12.2. The number of H-pyrrole nitrogens is 1. The third kappa shape index (κ3) is 3.02. The summed E-state index contributed by atoms with van der Waals surface area (Å²) in [4.78, 5) is 17.9. The second-order valence-electron chi connectivity index (χ2n) is 4.32. The lowest BCUT2D eigenvalue weighted by atomic mass is 10.3. The Morgan fingerprint density at radius 1 is 1.24 bits per heavy atom. The van der Waals surface area contributed by atoms with Crippen molar-refractivity contribution in [2.75, 3.05) is 0 Å². The van der Waals surface area contributed by atoms with Crippen LogP contribution in [0, 0.1) is 0 Å². The monoisotopic (exact) mass is 321 g/mol. The molecular formula is C13H11N3O3S2. The molecule has 0 radical (unpaired) electrons. The summed E-state index contributed by atoms with van der Waals surface area (Å²) in [6.45, 7) is 0.116. The van der Waals surface area contributed by atoms with E-state index in [1.54, 1.807) is 30.5 Å². The molecule has 108 valence electrons. The lowest BCUT2D eigenvalue weighted by Gasteiger charge is -2.06. The molecule has 0 saturated carbocycles. The van der Waals surface area contributed by atoms with Crippen molar-refractivity contribution in [3.8, 4) is 0 Å². The first-order valence-corrected chi connectivity index (χ1v) is 8.37. The van der Waals surface area contributed by atoms with Gasteiger partial charge in [-0.2, -0.15) is 0 Å². The van der Waals surface area contributed by atoms with Crippen molar-refractivity contribution in [3.05, 3.63) is 58.0 Å². The highest BCUT2D eigenvalue weighted by Gasteiger charge is 2.15. The fourth-order valence-corrected chi connectivity index (χ4v) is 3.72. The molecule has 8 heteroatoms. The van der Waals surface area contributed by atoms with Crippen LogP contribution in [0.1, 0.15) is 5.69 Å². The van der Waals surface area contributed by atoms with Crippen LogP contribution in [0.25, 0.3) is 10.2 Å². The molecule has 2 heterocycles. The van der Waals surface area contributed by atoms with Crippen LogP contribution in [0.2, 0.25) is 0 Å². The Balaban J connectivity index is 1.87. The first kappa shape index (κ1) is 13.9. The van der Waals surface area contributed by atoms with E-state index in [4.69, 9.17) is 0 Å². The number of rotatable bonds is 4. The maximum Gasteiger partial charge on any atom is 0.305 e. The first-order valence-electron chi connectivity index (χ1n) is 6.07. The second-order valence-corrected chi connectivity index (χ2v) is 7.10. The van der Waals surface area contributed by atoms with Crippen LogP contribution in [-0.2, 0) is 16.6 Å². The van der Waals surface area contributed by atoms with E-state index >= 15 is 0 Å². The van der Waals surface area contributed by atoms with Gasteiger partial charge in [0, 0.05) is 6.20 Å². The molecule has 21 heavy (non-hydrogen) atoms. The van der Waals surface area contributed by atoms with Crippen molar-refractivity contribution in [1.82, 2.24) is 14.7 Å². The van der Waals surface area contributed by atoms with E-state index in [1.165, 1.54) is 12.1 Å². The molecule has 0 aliphatic heterocycles. The molecule has 6 nitrogen and oxygen atoms in total. The number of benzene rings is 1. The van der Waals surface area contributed by atoms with Crippen LogP contribution in [0.5, 0.6) is 0 Å². The van der Waals surface area contributed by atoms with Gasteiger partial charge in [-0.1, -0.05) is 17.4 Å². The fraction of sp³-hybridized carbons (Fsp3) is 0.0769. The molecule has 0 aliphatic rings. The van der Waals surface area contributed by atoms with Gasteiger partial charge >= 0.3 is 4.87 Å². The third-order valence-electron chi connectivity index (χ3n) is 2.87. The second kappa shape index (κ2) is 5.40. The Morgan fingerprint density at radius 2 is 2.10 bits per heavy atom. The van der Waals surface area contributed by atoms with Crippen LogP contribution in [0.4, 0.5) is 0 Å². The molecule has 0 bridgehead atoms. The zero-order valence-corrected chi connectivity index (χ0v) is 12.4. The maximum atomic E-state index is 12.2. The minimum atomic E-state index is -3.64. The predicted octanol–water partition coefficient (Wildman–Crippen LogP) is 1.46. The topological polar surface area (TPSA) is 91.9 Å². The van der Waals surface area contributed by atoms with Crippen molar-refractivity contribution in [2.24, 2.45) is 0 Å². The highest BCUT2D eigenvalue weighted by Crippen LogP contribution is 2.19. The summed E-state index contributed by atoms with van der Waals surface area (Å²) >= 11 is 0.981. The molecule has 3 aromatic rings. The van der Waals surface area contributed by atoms with E-state index in [1.807, 2.05) is 0 Å². The summed E-state index contributed by atoms with van der Waals surface area (Å²) in [5.74, 6) is 0. The predicted molar refractivity (Wildman–Crippen MR) is 80.7 cm³/mol. The summed E-state index contributed by atoms with van der Waals surface area (Å²) in [5, 5.41) is 0. The van der Waals surface area contributed by atoms with Gasteiger partial charge in [-0.3, -0.25) is 9.78 Å². The van der Waals surface area contributed by atoms with Gasteiger partial charge in [0.2, 0.25) is 10.0 Å². The summed E-state index contributed by atoms with van der Waals surface area (Å²) < 4.78 is 27.6. The van der Waals surface area contributed by atoms with Gasteiger partial charge in [0.1, 0.15) is 0 Å². The van der Waals surface area contributed by atoms with Crippen LogP contribution < -0.4 is 9.60 Å². The molecule has 0 atom stereocenters. The lowest BCUT2D eigenvalue weighted by molar-refractivity contribution is 0.580. The Hall–Kier alpha value is -2.03. The van der Waals surface area contributed by atoms with Crippen LogP contribution in [0.15, 0.2) is 52.3 Å². The molecule has 0 amide bonds. The van der Waals surface area contributed by atoms with Gasteiger partial charge < -0.3 is 4.98 Å². The summed E-state index contributed by atoms with van der Waals surface area (Å²) in [5.41, 5.74) is 1.27. The quantitative estimate of drug-likeness (QED) is 0.761. The van der Waals surface area contributed by atoms with Crippen molar-refractivity contribution in [1.29, 1.82) is 0 Å².